The Morgan fingerprint density at radius 3 is 2.59 bits per heavy atom. The molecular weight excluding hydrogens is 233 g/mol. The molecule has 17 heavy (non-hydrogen) atoms. The third kappa shape index (κ3) is 2.88. The van der Waals surface area contributed by atoms with E-state index in [0.29, 0.717) is 6.07 Å². The van der Waals surface area contributed by atoms with E-state index in [1.807, 2.05) is 0 Å². The van der Waals surface area contributed by atoms with E-state index < -0.39 is 17.5 Å². The summed E-state index contributed by atoms with van der Waals surface area (Å²) in [6.45, 7) is 0. The topological polar surface area (TPSA) is 62.4 Å². The van der Waals surface area contributed by atoms with Crippen molar-refractivity contribution in [1.82, 2.24) is 5.43 Å². The molecule has 0 amide bonds. The van der Waals surface area contributed by atoms with E-state index >= 15 is 0 Å². The van der Waals surface area contributed by atoms with Crippen LogP contribution in [0, 0.1) is 17.5 Å². The molecule has 92 valence electrons. The number of aliphatic imine (C=N–C) groups is 1. The maximum absolute atomic E-state index is 13.3. The van der Waals surface area contributed by atoms with Crippen LogP contribution in [-0.4, -0.2) is 12.0 Å². The van der Waals surface area contributed by atoms with E-state index in [1.54, 1.807) is 0 Å². The molecule has 0 bridgehead atoms. The molecule has 1 aliphatic rings. The maximum atomic E-state index is 13.3. The van der Waals surface area contributed by atoms with Crippen molar-refractivity contribution in [3.05, 3.63) is 29.6 Å². The van der Waals surface area contributed by atoms with Crippen molar-refractivity contribution < 1.29 is 13.2 Å². The van der Waals surface area contributed by atoms with E-state index in [2.05, 4.69) is 15.7 Å². The van der Waals surface area contributed by atoms with Crippen LogP contribution in [0.2, 0.25) is 0 Å². The highest BCUT2D eigenvalue weighted by atomic mass is 19.2. The number of hydrogen-bond donors (Lipinski definition) is 3. The molecule has 4 nitrogen and oxygen atoms in total. The third-order valence-electron chi connectivity index (χ3n) is 2.24. The van der Waals surface area contributed by atoms with Crippen molar-refractivity contribution in [3.8, 4) is 0 Å². The number of benzene rings is 1. The Bertz CT molecular complexity index is 457. The molecule has 0 atom stereocenters. The van der Waals surface area contributed by atoms with Gasteiger partial charge in [0.05, 0.1) is 11.7 Å². The average Bonchev–Trinajstić information content (AvgIpc) is 3.08. The van der Waals surface area contributed by atoms with Gasteiger partial charge in [0.15, 0.2) is 11.6 Å². The van der Waals surface area contributed by atoms with Crippen LogP contribution in [0.3, 0.4) is 0 Å². The first kappa shape index (κ1) is 11.7. The molecule has 1 aliphatic carbocycles. The number of hydrogen-bond acceptors (Lipinski definition) is 2. The highest BCUT2D eigenvalue weighted by molar-refractivity contribution is 5.93. The summed E-state index contributed by atoms with van der Waals surface area (Å²) >= 11 is 0. The van der Waals surface area contributed by atoms with Crippen LogP contribution in [0.25, 0.3) is 0 Å². The summed E-state index contributed by atoms with van der Waals surface area (Å²) in [6, 6.07) is 1.43. The van der Waals surface area contributed by atoms with Crippen LogP contribution in [-0.2, 0) is 0 Å². The fourth-order valence-electron chi connectivity index (χ4n) is 1.27. The van der Waals surface area contributed by atoms with Gasteiger partial charge in [-0.2, -0.15) is 0 Å². The van der Waals surface area contributed by atoms with E-state index in [4.69, 9.17) is 5.84 Å². The van der Waals surface area contributed by atoms with E-state index in [0.717, 1.165) is 18.9 Å². The lowest BCUT2D eigenvalue weighted by atomic mass is 10.3. The highest BCUT2D eigenvalue weighted by Gasteiger charge is 2.21. The zero-order valence-corrected chi connectivity index (χ0v) is 8.80. The molecule has 1 aromatic carbocycles. The Labute approximate surface area is 95.7 Å². The summed E-state index contributed by atoms with van der Waals surface area (Å²) in [5.74, 6) is 1.93. The van der Waals surface area contributed by atoms with Crippen molar-refractivity contribution in [1.29, 1.82) is 0 Å². The van der Waals surface area contributed by atoms with Crippen LogP contribution in [0.1, 0.15) is 12.8 Å². The molecule has 2 rings (SSSR count). The minimum Gasteiger partial charge on any atom is -0.323 e. The fraction of sp³-hybridized carbons (Fsp3) is 0.300. The minimum atomic E-state index is -1.27. The first-order valence-corrected chi connectivity index (χ1v) is 5.06. The first-order valence-electron chi connectivity index (χ1n) is 5.06. The molecule has 0 radical (unpaired) electrons. The van der Waals surface area contributed by atoms with Crippen LogP contribution in [0.5, 0.6) is 0 Å². The van der Waals surface area contributed by atoms with Gasteiger partial charge in [0.1, 0.15) is 5.82 Å². The van der Waals surface area contributed by atoms with Gasteiger partial charge in [0.2, 0.25) is 5.96 Å². The van der Waals surface area contributed by atoms with Crippen LogP contribution in [0.15, 0.2) is 17.1 Å². The molecule has 0 aliphatic heterocycles. The molecule has 1 fully saturated rings. The maximum Gasteiger partial charge on any atom is 0.210 e. The van der Waals surface area contributed by atoms with Crippen LogP contribution < -0.4 is 16.6 Å². The van der Waals surface area contributed by atoms with E-state index in [1.165, 1.54) is 0 Å². The molecule has 7 heteroatoms. The zero-order chi connectivity index (χ0) is 12.4. The summed E-state index contributed by atoms with van der Waals surface area (Å²) < 4.78 is 39.1. The highest BCUT2D eigenvalue weighted by Crippen LogP contribution is 2.24. The van der Waals surface area contributed by atoms with Gasteiger partial charge in [-0.25, -0.2) is 24.0 Å². The number of nitrogens with two attached hydrogens (primary N) is 1. The standard InChI is InChI=1S/C10H11F3N4/c11-5-3-7(12)9(13)8(4-5)16-10(17-14)15-6-1-2-6/h3-4,6H,1-2,14H2,(H2,15,16,17). The predicted octanol–water partition coefficient (Wildman–Crippen LogP) is 1.50. The van der Waals surface area contributed by atoms with Crippen LogP contribution in [0.4, 0.5) is 18.9 Å². The second-order valence-corrected chi connectivity index (χ2v) is 3.73. The fourth-order valence-corrected chi connectivity index (χ4v) is 1.27. The summed E-state index contributed by atoms with van der Waals surface area (Å²) in [5.41, 5.74) is 1.87. The lowest BCUT2D eigenvalue weighted by Gasteiger charge is -2.10. The van der Waals surface area contributed by atoms with Crippen molar-refractivity contribution in [3.63, 3.8) is 0 Å². The molecule has 0 unspecified atom stereocenters. The smallest absolute Gasteiger partial charge is 0.210 e. The van der Waals surface area contributed by atoms with Crippen molar-refractivity contribution in [2.75, 3.05) is 5.32 Å². The van der Waals surface area contributed by atoms with Gasteiger partial charge in [-0.3, -0.25) is 5.43 Å². The summed E-state index contributed by atoms with van der Waals surface area (Å²) in [7, 11) is 0. The largest absolute Gasteiger partial charge is 0.323 e. The third-order valence-corrected chi connectivity index (χ3v) is 2.24. The first-order chi connectivity index (χ1) is 8.10. The van der Waals surface area contributed by atoms with Gasteiger partial charge in [-0.1, -0.05) is 0 Å². The Morgan fingerprint density at radius 1 is 1.29 bits per heavy atom. The Hall–Kier alpha value is -1.76. The predicted molar refractivity (Wildman–Crippen MR) is 57.7 cm³/mol. The summed E-state index contributed by atoms with van der Waals surface area (Å²) in [5, 5.41) is 2.41. The molecular formula is C10H11F3N4. The number of nitrogens with one attached hydrogen (secondary N) is 2. The number of anilines is 1. The average molecular weight is 244 g/mol. The van der Waals surface area contributed by atoms with Gasteiger partial charge < -0.3 is 5.32 Å². The molecule has 0 heterocycles. The van der Waals surface area contributed by atoms with Crippen molar-refractivity contribution in [2.24, 2.45) is 10.8 Å². The monoisotopic (exact) mass is 244 g/mol. The lowest BCUT2D eigenvalue weighted by molar-refractivity contribution is 0.498. The van der Waals surface area contributed by atoms with Gasteiger partial charge in [0.25, 0.3) is 0 Å². The molecule has 1 saturated carbocycles. The second kappa shape index (κ2) is 4.62. The molecule has 0 aromatic heterocycles. The normalized spacial score (nSPS) is 15.9. The van der Waals surface area contributed by atoms with Crippen LogP contribution >= 0.6 is 0 Å². The molecule has 0 saturated heterocycles. The number of halogens is 3. The lowest BCUT2D eigenvalue weighted by Crippen LogP contribution is -2.36. The number of nitrogens with zero attached hydrogens (tertiary/aromatic N) is 1. The number of guanidine groups is 1. The zero-order valence-electron chi connectivity index (χ0n) is 8.80. The summed E-state index contributed by atoms with van der Waals surface area (Å²) in [4.78, 5) is 4.06. The van der Waals surface area contributed by atoms with Crippen molar-refractivity contribution >= 4 is 11.6 Å². The SMILES string of the molecule is NNC(=NC1CC1)Nc1cc(F)cc(F)c1F. The molecule has 0 spiro atoms. The van der Waals surface area contributed by atoms with Gasteiger partial charge in [-0.15, -0.1) is 0 Å². The summed E-state index contributed by atoms with van der Waals surface area (Å²) in [6.07, 6.45) is 1.85. The minimum absolute atomic E-state index is 0.0800. The number of rotatable bonds is 2. The quantitative estimate of drug-likeness (QED) is 0.243. The molecule has 4 N–H and O–H groups in total. The van der Waals surface area contributed by atoms with Crippen molar-refractivity contribution in [2.45, 2.75) is 18.9 Å². The second-order valence-electron chi connectivity index (χ2n) is 3.73. The van der Waals surface area contributed by atoms with E-state index in [-0.39, 0.29) is 17.7 Å². The van der Waals surface area contributed by atoms with Gasteiger partial charge >= 0.3 is 0 Å². The van der Waals surface area contributed by atoms with E-state index in [9.17, 15) is 13.2 Å². The Morgan fingerprint density at radius 2 is 2.00 bits per heavy atom. The van der Waals surface area contributed by atoms with Gasteiger partial charge in [-0.05, 0) is 12.8 Å². The molecule has 1 aromatic rings. The van der Waals surface area contributed by atoms with Gasteiger partial charge in [0, 0.05) is 12.1 Å². The Balaban J connectivity index is 2.21. The number of hydrazine groups is 1. The Kier molecular flexibility index (Phi) is 3.19.